The second-order valence-electron chi connectivity index (χ2n) is 3.49. The van der Waals surface area contributed by atoms with Gasteiger partial charge in [0.25, 0.3) is 0 Å². The van der Waals surface area contributed by atoms with E-state index in [1.807, 2.05) is 6.07 Å². The van der Waals surface area contributed by atoms with Crippen LogP contribution in [0.5, 0.6) is 0 Å². The number of halogens is 2. The first-order valence-corrected chi connectivity index (χ1v) is 6.46. The fraction of sp³-hybridized carbons (Fsp3) is 0.167. The molecule has 4 heteroatoms. The quantitative estimate of drug-likeness (QED) is 0.831. The SMILES string of the molecule is Cc1ccc(CNc2cc(Cl)ccc2Cl)s1. The summed E-state index contributed by atoms with van der Waals surface area (Å²) in [4.78, 5) is 2.60. The van der Waals surface area contributed by atoms with Gasteiger partial charge in [-0.15, -0.1) is 11.3 Å². The van der Waals surface area contributed by atoms with Gasteiger partial charge in [0.2, 0.25) is 0 Å². The molecular weight excluding hydrogens is 261 g/mol. The Bertz CT molecular complexity index is 494. The van der Waals surface area contributed by atoms with Crippen LogP contribution in [0.1, 0.15) is 9.75 Å². The molecule has 0 saturated carbocycles. The van der Waals surface area contributed by atoms with Gasteiger partial charge in [0.1, 0.15) is 0 Å². The molecule has 0 aliphatic heterocycles. The summed E-state index contributed by atoms with van der Waals surface area (Å²) >= 11 is 13.7. The number of benzene rings is 1. The van der Waals surface area contributed by atoms with Gasteiger partial charge in [0.05, 0.1) is 10.7 Å². The summed E-state index contributed by atoms with van der Waals surface area (Å²) in [5.41, 5.74) is 0.875. The van der Waals surface area contributed by atoms with Crippen LogP contribution in [0.25, 0.3) is 0 Å². The summed E-state index contributed by atoms with van der Waals surface area (Å²) in [6.07, 6.45) is 0. The van der Waals surface area contributed by atoms with Crippen LogP contribution in [-0.2, 0) is 6.54 Å². The molecule has 0 atom stereocenters. The summed E-state index contributed by atoms with van der Waals surface area (Å²) in [5.74, 6) is 0. The smallest absolute Gasteiger partial charge is 0.0638 e. The fourth-order valence-corrected chi connectivity index (χ4v) is 2.58. The monoisotopic (exact) mass is 271 g/mol. The number of thiophene rings is 1. The van der Waals surface area contributed by atoms with Crippen molar-refractivity contribution < 1.29 is 0 Å². The van der Waals surface area contributed by atoms with Crippen LogP contribution in [-0.4, -0.2) is 0 Å². The summed E-state index contributed by atoms with van der Waals surface area (Å²) in [5, 5.41) is 4.66. The molecule has 2 rings (SSSR count). The molecule has 0 amide bonds. The number of nitrogens with one attached hydrogen (secondary N) is 1. The molecule has 84 valence electrons. The minimum Gasteiger partial charge on any atom is -0.379 e. The van der Waals surface area contributed by atoms with Crippen molar-refractivity contribution in [2.45, 2.75) is 13.5 Å². The van der Waals surface area contributed by atoms with E-state index in [9.17, 15) is 0 Å². The lowest BCUT2D eigenvalue weighted by atomic mass is 10.3. The van der Waals surface area contributed by atoms with Crippen LogP contribution in [0, 0.1) is 6.92 Å². The Kier molecular flexibility index (Phi) is 3.74. The molecule has 16 heavy (non-hydrogen) atoms. The van der Waals surface area contributed by atoms with E-state index >= 15 is 0 Å². The van der Waals surface area contributed by atoms with Gasteiger partial charge in [0, 0.05) is 21.3 Å². The van der Waals surface area contributed by atoms with Crippen molar-refractivity contribution in [3.8, 4) is 0 Å². The third-order valence-corrected chi connectivity index (χ3v) is 3.74. The molecule has 1 N–H and O–H groups in total. The van der Waals surface area contributed by atoms with E-state index in [1.54, 1.807) is 23.5 Å². The molecule has 0 aliphatic rings. The van der Waals surface area contributed by atoms with E-state index in [0.29, 0.717) is 10.0 Å². The van der Waals surface area contributed by atoms with Gasteiger partial charge in [-0.25, -0.2) is 0 Å². The number of hydrogen-bond acceptors (Lipinski definition) is 2. The standard InChI is InChI=1S/C12H11Cl2NS/c1-8-2-4-10(16-8)7-15-12-6-9(13)3-5-11(12)14/h2-6,15H,7H2,1H3. The highest BCUT2D eigenvalue weighted by Gasteiger charge is 2.02. The molecule has 0 saturated heterocycles. The molecular formula is C12H11Cl2NS. The Balaban J connectivity index is 2.07. The average molecular weight is 272 g/mol. The normalized spacial score (nSPS) is 10.4. The second-order valence-corrected chi connectivity index (χ2v) is 5.71. The summed E-state index contributed by atoms with van der Waals surface area (Å²) in [7, 11) is 0. The molecule has 0 bridgehead atoms. The minimum atomic E-state index is 0.689. The van der Waals surface area contributed by atoms with E-state index < -0.39 is 0 Å². The van der Waals surface area contributed by atoms with E-state index in [-0.39, 0.29) is 0 Å². The van der Waals surface area contributed by atoms with Crippen LogP contribution in [0.15, 0.2) is 30.3 Å². The average Bonchev–Trinajstić information content (AvgIpc) is 2.66. The van der Waals surface area contributed by atoms with Gasteiger partial charge in [-0.1, -0.05) is 23.2 Å². The molecule has 1 aromatic heterocycles. The maximum absolute atomic E-state index is 6.05. The number of rotatable bonds is 3. The van der Waals surface area contributed by atoms with Crippen molar-refractivity contribution >= 4 is 40.2 Å². The first kappa shape index (κ1) is 11.8. The molecule has 0 spiro atoms. The molecule has 0 aliphatic carbocycles. The van der Waals surface area contributed by atoms with Crippen molar-refractivity contribution in [3.63, 3.8) is 0 Å². The van der Waals surface area contributed by atoms with E-state index in [0.717, 1.165) is 12.2 Å². The van der Waals surface area contributed by atoms with E-state index in [2.05, 4.69) is 24.4 Å². The van der Waals surface area contributed by atoms with Crippen LogP contribution < -0.4 is 5.32 Å². The lowest BCUT2D eigenvalue weighted by Gasteiger charge is -2.07. The van der Waals surface area contributed by atoms with E-state index in [1.165, 1.54) is 9.75 Å². The van der Waals surface area contributed by atoms with Gasteiger partial charge < -0.3 is 5.32 Å². The van der Waals surface area contributed by atoms with E-state index in [4.69, 9.17) is 23.2 Å². The first-order chi connectivity index (χ1) is 7.65. The number of aryl methyl sites for hydroxylation is 1. The van der Waals surface area contributed by atoms with Gasteiger partial charge in [0.15, 0.2) is 0 Å². The van der Waals surface area contributed by atoms with Crippen molar-refractivity contribution in [2.75, 3.05) is 5.32 Å². The highest BCUT2D eigenvalue weighted by molar-refractivity contribution is 7.11. The van der Waals surface area contributed by atoms with Gasteiger partial charge in [-0.3, -0.25) is 0 Å². The Morgan fingerprint density at radius 3 is 2.69 bits per heavy atom. The third-order valence-electron chi connectivity index (χ3n) is 2.18. The van der Waals surface area contributed by atoms with Crippen LogP contribution in [0.2, 0.25) is 10.0 Å². The Labute approximate surface area is 109 Å². The summed E-state index contributed by atoms with van der Waals surface area (Å²) in [6.45, 7) is 2.87. The fourth-order valence-electron chi connectivity index (χ4n) is 1.40. The molecule has 1 aromatic carbocycles. The maximum Gasteiger partial charge on any atom is 0.0638 e. The molecule has 0 unspecified atom stereocenters. The summed E-state index contributed by atoms with van der Waals surface area (Å²) in [6, 6.07) is 9.65. The van der Waals surface area contributed by atoms with Crippen molar-refractivity contribution in [1.82, 2.24) is 0 Å². The second kappa shape index (κ2) is 5.09. The molecule has 1 nitrogen and oxygen atoms in total. The highest BCUT2D eigenvalue weighted by atomic mass is 35.5. The predicted octanol–water partition coefficient (Wildman–Crippen LogP) is 4.98. The Morgan fingerprint density at radius 1 is 1.19 bits per heavy atom. The molecule has 1 heterocycles. The summed E-state index contributed by atoms with van der Waals surface area (Å²) < 4.78 is 0. The minimum absolute atomic E-state index is 0.689. The van der Waals surface area contributed by atoms with Crippen LogP contribution in [0.3, 0.4) is 0 Å². The number of anilines is 1. The van der Waals surface area contributed by atoms with Crippen LogP contribution in [0.4, 0.5) is 5.69 Å². The lowest BCUT2D eigenvalue weighted by Crippen LogP contribution is -1.97. The zero-order valence-electron chi connectivity index (χ0n) is 8.76. The Morgan fingerprint density at radius 2 is 2.00 bits per heavy atom. The van der Waals surface area contributed by atoms with Crippen molar-refractivity contribution in [1.29, 1.82) is 0 Å². The largest absolute Gasteiger partial charge is 0.379 e. The number of hydrogen-bond donors (Lipinski definition) is 1. The first-order valence-electron chi connectivity index (χ1n) is 4.89. The lowest BCUT2D eigenvalue weighted by molar-refractivity contribution is 1.19. The molecule has 0 fully saturated rings. The maximum atomic E-state index is 6.05. The van der Waals surface area contributed by atoms with Gasteiger partial charge in [-0.2, -0.15) is 0 Å². The van der Waals surface area contributed by atoms with Crippen molar-refractivity contribution in [2.24, 2.45) is 0 Å². The molecule has 0 radical (unpaired) electrons. The van der Waals surface area contributed by atoms with Gasteiger partial charge >= 0.3 is 0 Å². The zero-order valence-corrected chi connectivity index (χ0v) is 11.1. The van der Waals surface area contributed by atoms with Crippen molar-refractivity contribution in [3.05, 3.63) is 50.1 Å². The Hall–Kier alpha value is -0.700. The topological polar surface area (TPSA) is 12.0 Å². The zero-order chi connectivity index (χ0) is 11.5. The molecule has 2 aromatic rings. The third kappa shape index (κ3) is 2.91. The highest BCUT2D eigenvalue weighted by Crippen LogP contribution is 2.26. The van der Waals surface area contributed by atoms with Gasteiger partial charge in [-0.05, 0) is 37.3 Å². The van der Waals surface area contributed by atoms with Crippen LogP contribution >= 0.6 is 34.5 Å². The predicted molar refractivity (Wildman–Crippen MR) is 72.8 cm³/mol.